The van der Waals surface area contributed by atoms with Crippen molar-refractivity contribution in [2.45, 2.75) is 20.0 Å². The number of nitrogens with zero attached hydrogens (tertiary/aromatic N) is 5. The number of amides is 1. The van der Waals surface area contributed by atoms with Crippen LogP contribution in [0, 0.1) is 0 Å². The van der Waals surface area contributed by atoms with Gasteiger partial charge in [-0.15, -0.1) is 0 Å². The van der Waals surface area contributed by atoms with Gasteiger partial charge in [0.15, 0.2) is 0 Å². The summed E-state index contributed by atoms with van der Waals surface area (Å²) in [5.41, 5.74) is 2.63. The molecule has 0 spiro atoms. The van der Waals surface area contributed by atoms with Crippen molar-refractivity contribution >= 4 is 22.8 Å². The number of imidazole rings is 1. The van der Waals surface area contributed by atoms with E-state index in [2.05, 4.69) is 27.5 Å². The van der Waals surface area contributed by atoms with Gasteiger partial charge in [-0.3, -0.25) is 4.79 Å². The highest BCUT2D eigenvalue weighted by molar-refractivity contribution is 5.93. The number of aromatic nitrogens is 3. The molecule has 0 aliphatic rings. The van der Waals surface area contributed by atoms with Gasteiger partial charge < -0.3 is 14.4 Å². The highest BCUT2D eigenvalue weighted by Gasteiger charge is 2.17. The van der Waals surface area contributed by atoms with Gasteiger partial charge >= 0.3 is 0 Å². The first-order valence-electron chi connectivity index (χ1n) is 8.34. The average Bonchev–Trinajstić information content (AvgIpc) is 2.98. The molecule has 6 nitrogen and oxygen atoms in total. The van der Waals surface area contributed by atoms with Crippen molar-refractivity contribution in [2.24, 2.45) is 0 Å². The van der Waals surface area contributed by atoms with Crippen molar-refractivity contribution in [1.82, 2.24) is 19.4 Å². The van der Waals surface area contributed by atoms with E-state index in [1.807, 2.05) is 49.3 Å². The largest absolute Gasteiger partial charge is 0.363 e. The van der Waals surface area contributed by atoms with Gasteiger partial charge in [0.25, 0.3) is 5.91 Å². The molecule has 0 fully saturated rings. The van der Waals surface area contributed by atoms with Gasteiger partial charge in [0, 0.05) is 33.9 Å². The second-order valence-corrected chi connectivity index (χ2v) is 6.22. The Morgan fingerprint density at radius 1 is 1.12 bits per heavy atom. The smallest absolute Gasteiger partial charge is 0.255 e. The number of carbonyl (C=O) groups excluding carboxylic acids is 1. The van der Waals surface area contributed by atoms with Crippen molar-refractivity contribution < 1.29 is 4.79 Å². The van der Waals surface area contributed by atoms with Gasteiger partial charge in [0.1, 0.15) is 11.6 Å². The summed E-state index contributed by atoms with van der Waals surface area (Å²) in [6.07, 6.45) is 1.62. The molecule has 25 heavy (non-hydrogen) atoms. The summed E-state index contributed by atoms with van der Waals surface area (Å²) < 4.78 is 2.15. The molecule has 2 aromatic heterocycles. The lowest BCUT2D eigenvalue weighted by molar-refractivity contribution is 0.0780. The van der Waals surface area contributed by atoms with Gasteiger partial charge in [0.2, 0.25) is 0 Å². The minimum absolute atomic E-state index is 0.0625. The zero-order valence-electron chi connectivity index (χ0n) is 15.1. The lowest BCUT2D eigenvalue weighted by atomic mass is 10.2. The highest BCUT2D eigenvalue weighted by atomic mass is 16.2. The average molecular weight is 337 g/mol. The molecule has 0 aliphatic carbocycles. The minimum Gasteiger partial charge on any atom is -0.363 e. The van der Waals surface area contributed by atoms with E-state index < -0.39 is 0 Å². The second-order valence-electron chi connectivity index (χ2n) is 6.22. The van der Waals surface area contributed by atoms with E-state index in [0.717, 1.165) is 29.2 Å². The lowest BCUT2D eigenvalue weighted by Crippen LogP contribution is -2.28. The highest BCUT2D eigenvalue weighted by Crippen LogP contribution is 2.18. The molecule has 0 saturated heterocycles. The first-order valence-corrected chi connectivity index (χ1v) is 8.34. The van der Waals surface area contributed by atoms with E-state index in [4.69, 9.17) is 0 Å². The summed E-state index contributed by atoms with van der Waals surface area (Å²) in [4.78, 5) is 25.3. The van der Waals surface area contributed by atoms with E-state index in [-0.39, 0.29) is 5.91 Å². The molecule has 0 unspecified atom stereocenters. The molecular formula is C19H23N5O. The van der Waals surface area contributed by atoms with Crippen LogP contribution in [0.4, 0.5) is 5.82 Å². The van der Waals surface area contributed by atoms with Crippen LogP contribution >= 0.6 is 0 Å². The number of hydrogen-bond donors (Lipinski definition) is 0. The molecule has 3 aromatic rings. The summed E-state index contributed by atoms with van der Waals surface area (Å²) >= 11 is 0. The SMILES string of the molecule is CCn1c(CN(C)C(=O)c2ccc(N(C)C)nc2)nc2ccccc21. The third-order valence-electron chi connectivity index (χ3n) is 4.23. The van der Waals surface area contributed by atoms with Crippen LogP contribution in [0.25, 0.3) is 11.0 Å². The van der Waals surface area contributed by atoms with Crippen LogP contribution in [0.5, 0.6) is 0 Å². The van der Waals surface area contributed by atoms with Crippen LogP contribution in [-0.4, -0.2) is 46.5 Å². The number of aryl methyl sites for hydroxylation is 1. The fourth-order valence-electron chi connectivity index (χ4n) is 2.88. The van der Waals surface area contributed by atoms with E-state index in [9.17, 15) is 4.79 Å². The molecule has 6 heteroatoms. The molecular weight excluding hydrogens is 314 g/mol. The maximum absolute atomic E-state index is 12.7. The molecule has 2 heterocycles. The van der Waals surface area contributed by atoms with Crippen LogP contribution < -0.4 is 4.90 Å². The quantitative estimate of drug-likeness (QED) is 0.718. The Hall–Kier alpha value is -2.89. The standard InChI is InChI=1S/C19H23N5O/c1-5-24-16-9-7-6-8-15(16)21-18(24)13-23(4)19(25)14-10-11-17(20-12-14)22(2)3/h6-12H,5,13H2,1-4H3. The van der Waals surface area contributed by atoms with Crippen LogP contribution in [0.1, 0.15) is 23.1 Å². The molecule has 1 amide bonds. The van der Waals surface area contributed by atoms with Gasteiger partial charge in [-0.2, -0.15) is 0 Å². The molecule has 0 aliphatic heterocycles. The van der Waals surface area contributed by atoms with Crippen molar-refractivity contribution in [3.63, 3.8) is 0 Å². The molecule has 0 saturated carbocycles. The molecule has 0 atom stereocenters. The normalized spacial score (nSPS) is 10.9. The number of carbonyl (C=O) groups is 1. The van der Waals surface area contributed by atoms with Crippen LogP contribution in [0.3, 0.4) is 0 Å². The number of hydrogen-bond acceptors (Lipinski definition) is 4. The van der Waals surface area contributed by atoms with E-state index in [1.165, 1.54) is 0 Å². The van der Waals surface area contributed by atoms with Crippen LogP contribution in [0.15, 0.2) is 42.6 Å². The Morgan fingerprint density at radius 2 is 1.88 bits per heavy atom. The molecule has 1 aromatic carbocycles. The molecule has 0 N–H and O–H groups in total. The van der Waals surface area contributed by atoms with E-state index in [1.54, 1.807) is 18.1 Å². The molecule has 3 rings (SSSR count). The monoisotopic (exact) mass is 337 g/mol. The zero-order valence-corrected chi connectivity index (χ0v) is 15.1. The minimum atomic E-state index is -0.0625. The number of fused-ring (bicyclic) bond motifs is 1. The molecule has 0 bridgehead atoms. The summed E-state index contributed by atoms with van der Waals surface area (Å²) in [5, 5.41) is 0. The summed E-state index contributed by atoms with van der Waals surface area (Å²) in [5.74, 6) is 1.65. The summed E-state index contributed by atoms with van der Waals surface area (Å²) in [6.45, 7) is 3.36. The Bertz CT molecular complexity index is 882. The second kappa shape index (κ2) is 6.93. The molecule has 130 valence electrons. The number of pyridine rings is 1. The third kappa shape index (κ3) is 3.33. The third-order valence-corrected chi connectivity index (χ3v) is 4.23. The van der Waals surface area contributed by atoms with Crippen molar-refractivity contribution in [2.75, 3.05) is 26.0 Å². The predicted molar refractivity (Wildman–Crippen MR) is 99.8 cm³/mol. The van der Waals surface area contributed by atoms with Crippen LogP contribution in [-0.2, 0) is 13.1 Å². The first-order chi connectivity index (χ1) is 12.0. The zero-order chi connectivity index (χ0) is 18.0. The van der Waals surface area contributed by atoms with Crippen molar-refractivity contribution in [3.8, 4) is 0 Å². The van der Waals surface area contributed by atoms with Crippen molar-refractivity contribution in [3.05, 3.63) is 54.0 Å². The summed E-state index contributed by atoms with van der Waals surface area (Å²) in [6, 6.07) is 11.7. The predicted octanol–water partition coefficient (Wildman–Crippen LogP) is 2.79. The van der Waals surface area contributed by atoms with Gasteiger partial charge in [-0.05, 0) is 31.2 Å². The van der Waals surface area contributed by atoms with Crippen molar-refractivity contribution in [1.29, 1.82) is 0 Å². The van der Waals surface area contributed by atoms with Gasteiger partial charge in [-0.1, -0.05) is 12.1 Å². The Morgan fingerprint density at radius 3 is 2.52 bits per heavy atom. The topological polar surface area (TPSA) is 54.3 Å². The lowest BCUT2D eigenvalue weighted by Gasteiger charge is -2.18. The maximum atomic E-state index is 12.7. The van der Waals surface area contributed by atoms with Gasteiger partial charge in [-0.25, -0.2) is 9.97 Å². The van der Waals surface area contributed by atoms with Gasteiger partial charge in [0.05, 0.1) is 23.1 Å². The maximum Gasteiger partial charge on any atom is 0.255 e. The first kappa shape index (κ1) is 17.0. The molecule has 0 radical (unpaired) electrons. The van der Waals surface area contributed by atoms with E-state index in [0.29, 0.717) is 12.1 Å². The Kier molecular flexibility index (Phi) is 4.70. The number of rotatable bonds is 5. The summed E-state index contributed by atoms with van der Waals surface area (Å²) in [7, 11) is 5.64. The van der Waals surface area contributed by atoms with E-state index >= 15 is 0 Å². The van der Waals surface area contributed by atoms with Crippen LogP contribution in [0.2, 0.25) is 0 Å². The number of para-hydroxylation sites is 2. The number of benzene rings is 1. The Balaban J connectivity index is 1.82. The number of anilines is 1. The fraction of sp³-hybridized carbons (Fsp3) is 0.316. The Labute approximate surface area is 147 Å². The fourth-order valence-corrected chi connectivity index (χ4v) is 2.88.